The van der Waals surface area contributed by atoms with E-state index in [1.807, 2.05) is 13.0 Å². The Balaban J connectivity index is 1.22. The average molecular weight is 598 g/mol. The molecule has 1 aliphatic carbocycles. The number of β-amino-alcohol motifs (C(OH)–C–C–N with tert-alkyl or cyclic N) is 1. The molecule has 5 aliphatic rings. The van der Waals surface area contributed by atoms with E-state index in [9.17, 15) is 5.11 Å². The summed E-state index contributed by atoms with van der Waals surface area (Å²) >= 11 is 6.87. The first-order valence-electron chi connectivity index (χ1n) is 15.8. The summed E-state index contributed by atoms with van der Waals surface area (Å²) in [6.07, 6.45) is 9.70. The van der Waals surface area contributed by atoms with E-state index in [0.29, 0.717) is 37.4 Å². The van der Waals surface area contributed by atoms with Crippen LogP contribution in [0, 0.1) is 0 Å². The average Bonchev–Trinajstić information content (AvgIpc) is 3.60. The minimum Gasteiger partial charge on any atom is -0.467 e. The molecule has 0 radical (unpaired) electrons. The van der Waals surface area contributed by atoms with Crippen molar-refractivity contribution >= 4 is 23.1 Å². The molecule has 2 aromatic rings. The highest BCUT2D eigenvalue weighted by atomic mass is 35.5. The Kier molecular flexibility index (Phi) is 7.66. The SMILES string of the molecule is COCOc1cc(Cl)c(C2CC2)c(N2CCc3c(nc(OCC45CCCN4CCC5)nc3N3CCC[C@@](C)(O)C3)C2)c1. The molecule has 0 unspecified atom stereocenters. The van der Waals surface area contributed by atoms with E-state index >= 15 is 0 Å². The lowest BCUT2D eigenvalue weighted by Gasteiger charge is -2.40. The Hall–Kier alpha value is -2.33. The fourth-order valence-electron chi connectivity index (χ4n) is 7.81. The van der Waals surface area contributed by atoms with Gasteiger partial charge in [0.1, 0.15) is 18.2 Å². The molecule has 5 heterocycles. The molecule has 3 saturated heterocycles. The first-order chi connectivity index (χ1) is 20.3. The molecule has 0 spiro atoms. The molecule has 10 heteroatoms. The Morgan fingerprint density at radius 3 is 2.52 bits per heavy atom. The van der Waals surface area contributed by atoms with Crippen molar-refractivity contribution in [2.24, 2.45) is 0 Å². The highest BCUT2D eigenvalue weighted by Crippen LogP contribution is 2.50. The second-order valence-electron chi connectivity index (χ2n) is 13.3. The lowest BCUT2D eigenvalue weighted by atomic mass is 9.94. The zero-order valence-electron chi connectivity index (χ0n) is 25.0. The third-order valence-electron chi connectivity index (χ3n) is 10.0. The molecule has 4 aliphatic heterocycles. The van der Waals surface area contributed by atoms with Crippen molar-refractivity contribution in [2.75, 3.05) is 63.0 Å². The van der Waals surface area contributed by atoms with Crippen molar-refractivity contribution in [1.29, 1.82) is 0 Å². The number of methoxy groups -OCH3 is 1. The summed E-state index contributed by atoms with van der Waals surface area (Å²) in [5.41, 5.74) is 3.90. The summed E-state index contributed by atoms with van der Waals surface area (Å²) in [4.78, 5) is 17.4. The van der Waals surface area contributed by atoms with Crippen LogP contribution in [0.1, 0.15) is 81.0 Å². The summed E-state index contributed by atoms with van der Waals surface area (Å²) in [6, 6.07) is 4.49. The number of hydrogen-bond acceptors (Lipinski definition) is 9. The van der Waals surface area contributed by atoms with Crippen LogP contribution in [0.25, 0.3) is 0 Å². The Morgan fingerprint density at radius 1 is 1.00 bits per heavy atom. The Labute approximate surface area is 254 Å². The zero-order valence-corrected chi connectivity index (χ0v) is 25.8. The molecule has 4 fully saturated rings. The molecule has 0 amide bonds. The fraction of sp³-hybridized carbons (Fsp3) is 0.688. The van der Waals surface area contributed by atoms with Gasteiger partial charge in [-0.15, -0.1) is 0 Å². The first kappa shape index (κ1) is 28.4. The number of aromatic nitrogens is 2. The van der Waals surface area contributed by atoms with Crippen molar-refractivity contribution in [1.82, 2.24) is 14.9 Å². The van der Waals surface area contributed by atoms with Gasteiger partial charge in [0.2, 0.25) is 0 Å². The number of anilines is 2. The van der Waals surface area contributed by atoms with Crippen LogP contribution in [0.2, 0.25) is 5.02 Å². The van der Waals surface area contributed by atoms with Crippen molar-refractivity contribution in [3.63, 3.8) is 0 Å². The topological polar surface area (TPSA) is 83.4 Å². The highest BCUT2D eigenvalue weighted by Gasteiger charge is 2.45. The van der Waals surface area contributed by atoms with Crippen LogP contribution in [0.5, 0.6) is 11.8 Å². The van der Waals surface area contributed by atoms with Crippen LogP contribution in [0.15, 0.2) is 12.1 Å². The van der Waals surface area contributed by atoms with Gasteiger partial charge >= 0.3 is 6.01 Å². The van der Waals surface area contributed by atoms with Crippen molar-refractivity contribution in [3.05, 3.63) is 34.0 Å². The molecule has 1 atom stereocenters. The molecule has 1 aromatic heterocycles. The van der Waals surface area contributed by atoms with Crippen LogP contribution < -0.4 is 19.3 Å². The number of nitrogens with zero attached hydrogens (tertiary/aromatic N) is 5. The van der Waals surface area contributed by atoms with Crippen molar-refractivity contribution in [2.45, 2.75) is 88.3 Å². The van der Waals surface area contributed by atoms with E-state index in [2.05, 4.69) is 20.8 Å². The molecular weight excluding hydrogens is 554 g/mol. The van der Waals surface area contributed by atoms with E-state index in [1.165, 1.54) is 36.8 Å². The summed E-state index contributed by atoms with van der Waals surface area (Å²) in [5.74, 6) is 2.13. The Bertz CT molecular complexity index is 1310. The lowest BCUT2D eigenvalue weighted by Crippen LogP contribution is -2.47. The van der Waals surface area contributed by atoms with E-state index in [0.717, 1.165) is 80.5 Å². The molecule has 1 N–H and O–H groups in total. The molecule has 7 rings (SSSR count). The smallest absolute Gasteiger partial charge is 0.318 e. The molecular formula is C32H44ClN5O4. The number of halogens is 1. The van der Waals surface area contributed by atoms with E-state index in [-0.39, 0.29) is 12.3 Å². The number of aliphatic hydroxyl groups is 1. The summed E-state index contributed by atoms with van der Waals surface area (Å²) in [7, 11) is 1.62. The maximum atomic E-state index is 11.0. The highest BCUT2D eigenvalue weighted by molar-refractivity contribution is 6.32. The molecule has 0 bridgehead atoms. The van der Waals surface area contributed by atoms with Crippen LogP contribution >= 0.6 is 11.6 Å². The van der Waals surface area contributed by atoms with Crippen molar-refractivity contribution in [3.8, 4) is 11.8 Å². The number of fused-ring (bicyclic) bond motifs is 2. The first-order valence-corrected chi connectivity index (χ1v) is 16.2. The maximum absolute atomic E-state index is 11.0. The van der Waals surface area contributed by atoms with Gasteiger partial charge in [0.05, 0.1) is 23.4 Å². The zero-order chi connectivity index (χ0) is 28.9. The van der Waals surface area contributed by atoms with Gasteiger partial charge in [-0.3, -0.25) is 4.90 Å². The van der Waals surface area contributed by atoms with Gasteiger partial charge < -0.3 is 29.1 Å². The second-order valence-corrected chi connectivity index (χ2v) is 13.7. The number of hydrogen-bond donors (Lipinski definition) is 1. The number of ether oxygens (including phenoxy) is 3. The fourth-order valence-corrected chi connectivity index (χ4v) is 8.17. The van der Waals surface area contributed by atoms with Gasteiger partial charge in [-0.2, -0.15) is 9.97 Å². The monoisotopic (exact) mass is 597 g/mol. The molecule has 228 valence electrons. The minimum absolute atomic E-state index is 0.124. The van der Waals surface area contributed by atoms with Crippen LogP contribution in [-0.4, -0.2) is 84.3 Å². The molecule has 9 nitrogen and oxygen atoms in total. The van der Waals surface area contributed by atoms with Gasteiger partial charge in [0.15, 0.2) is 6.79 Å². The minimum atomic E-state index is -0.733. The number of rotatable bonds is 9. The van der Waals surface area contributed by atoms with Gasteiger partial charge in [0, 0.05) is 49.1 Å². The normalized spacial score (nSPS) is 25.4. The Morgan fingerprint density at radius 2 is 1.79 bits per heavy atom. The van der Waals surface area contributed by atoms with Gasteiger partial charge in [-0.05, 0) is 95.3 Å². The standard InChI is InChI=1S/C32H44ClN5O4/c1-31(39)9-3-12-37(19-31)29-24-8-15-36(27-17-23(42-21-40-2)16-25(33)28(27)22-6-7-22)18-26(24)34-30(35-29)41-20-32-10-4-13-38(32)14-5-11-32/h16-17,22,39H,3-15,18-21H2,1-2H3/t31-/m1/s1. The van der Waals surface area contributed by atoms with Gasteiger partial charge in [-0.25, -0.2) is 0 Å². The van der Waals surface area contributed by atoms with E-state index in [4.69, 9.17) is 35.8 Å². The molecule has 1 saturated carbocycles. The molecule has 1 aromatic carbocycles. The van der Waals surface area contributed by atoms with Crippen molar-refractivity contribution < 1.29 is 19.3 Å². The van der Waals surface area contributed by atoms with E-state index < -0.39 is 5.60 Å². The maximum Gasteiger partial charge on any atom is 0.318 e. The number of benzene rings is 1. The van der Waals surface area contributed by atoms with E-state index in [1.54, 1.807) is 7.11 Å². The second kappa shape index (κ2) is 11.3. The summed E-state index contributed by atoms with van der Waals surface area (Å²) < 4.78 is 17.5. The van der Waals surface area contributed by atoms with Gasteiger partial charge in [-0.1, -0.05) is 11.6 Å². The van der Waals surface area contributed by atoms with Crippen LogP contribution in [0.4, 0.5) is 11.5 Å². The predicted octanol–water partition coefficient (Wildman–Crippen LogP) is 4.91. The van der Waals surface area contributed by atoms with Gasteiger partial charge in [0.25, 0.3) is 0 Å². The summed E-state index contributed by atoms with van der Waals surface area (Å²) in [5, 5.41) is 11.7. The van der Waals surface area contributed by atoms with Crippen LogP contribution in [0.3, 0.4) is 0 Å². The van der Waals surface area contributed by atoms with Crippen LogP contribution in [-0.2, 0) is 17.7 Å². The third kappa shape index (κ3) is 5.53. The largest absolute Gasteiger partial charge is 0.467 e. The number of piperidine rings is 1. The summed E-state index contributed by atoms with van der Waals surface area (Å²) in [6.45, 7) is 7.99. The molecule has 42 heavy (non-hydrogen) atoms. The quantitative estimate of drug-likeness (QED) is 0.405. The lowest BCUT2D eigenvalue weighted by molar-refractivity contribution is 0.0445. The third-order valence-corrected chi connectivity index (χ3v) is 10.3. The predicted molar refractivity (Wildman–Crippen MR) is 163 cm³/mol.